The van der Waals surface area contributed by atoms with E-state index in [-0.39, 0.29) is 5.91 Å². The molecule has 3 nitrogen and oxygen atoms in total. The minimum atomic E-state index is -0.0401. The Labute approximate surface area is 126 Å². The first kappa shape index (κ1) is 15.3. The molecule has 0 heterocycles. The molecule has 0 atom stereocenters. The molecule has 20 heavy (non-hydrogen) atoms. The van der Waals surface area contributed by atoms with Gasteiger partial charge in [-0.1, -0.05) is 55.8 Å². The standard InChI is InChI=1S/C16H23ClN2O/c17-14-8-4-5-9-15(14)19-16(20)12-18-11-10-13-6-2-1-3-7-13/h4-5,8-9,13,18H,1-3,6-7,10-12H2,(H,19,20). The third-order valence-electron chi connectivity index (χ3n) is 3.89. The van der Waals surface area contributed by atoms with Gasteiger partial charge in [-0.05, 0) is 31.0 Å². The Kier molecular flexibility index (Phi) is 6.34. The van der Waals surface area contributed by atoms with Gasteiger partial charge in [0.15, 0.2) is 0 Å². The third-order valence-corrected chi connectivity index (χ3v) is 4.22. The highest BCUT2D eigenvalue weighted by atomic mass is 35.5. The van der Waals surface area contributed by atoms with Crippen molar-refractivity contribution in [3.05, 3.63) is 29.3 Å². The number of rotatable bonds is 6. The summed E-state index contributed by atoms with van der Waals surface area (Å²) < 4.78 is 0. The number of anilines is 1. The van der Waals surface area contributed by atoms with E-state index in [4.69, 9.17) is 11.6 Å². The van der Waals surface area contributed by atoms with Crippen LogP contribution in [0.25, 0.3) is 0 Å². The van der Waals surface area contributed by atoms with E-state index in [2.05, 4.69) is 10.6 Å². The van der Waals surface area contributed by atoms with E-state index in [0.29, 0.717) is 17.3 Å². The molecule has 0 aromatic heterocycles. The van der Waals surface area contributed by atoms with Gasteiger partial charge in [0.05, 0.1) is 17.3 Å². The summed E-state index contributed by atoms with van der Waals surface area (Å²) in [5, 5.41) is 6.60. The van der Waals surface area contributed by atoms with Gasteiger partial charge in [0, 0.05) is 0 Å². The molecule has 1 aliphatic rings. The Morgan fingerprint density at radius 1 is 1.20 bits per heavy atom. The molecule has 0 aliphatic heterocycles. The lowest BCUT2D eigenvalue weighted by Gasteiger charge is -2.21. The van der Waals surface area contributed by atoms with E-state index >= 15 is 0 Å². The lowest BCUT2D eigenvalue weighted by Crippen LogP contribution is -2.29. The topological polar surface area (TPSA) is 41.1 Å². The van der Waals surface area contributed by atoms with Crippen LogP contribution in [-0.4, -0.2) is 19.0 Å². The van der Waals surface area contributed by atoms with Crippen molar-refractivity contribution in [1.82, 2.24) is 5.32 Å². The van der Waals surface area contributed by atoms with E-state index in [1.54, 1.807) is 6.07 Å². The van der Waals surface area contributed by atoms with Crippen molar-refractivity contribution < 1.29 is 4.79 Å². The van der Waals surface area contributed by atoms with Gasteiger partial charge in [-0.2, -0.15) is 0 Å². The summed E-state index contributed by atoms with van der Waals surface area (Å²) in [6.45, 7) is 1.26. The van der Waals surface area contributed by atoms with Crippen LogP contribution in [0.15, 0.2) is 24.3 Å². The van der Waals surface area contributed by atoms with Gasteiger partial charge in [0.1, 0.15) is 0 Å². The smallest absolute Gasteiger partial charge is 0.238 e. The molecule has 2 N–H and O–H groups in total. The zero-order chi connectivity index (χ0) is 14.2. The van der Waals surface area contributed by atoms with E-state index in [0.717, 1.165) is 12.5 Å². The largest absolute Gasteiger partial charge is 0.324 e. The Morgan fingerprint density at radius 2 is 1.95 bits per heavy atom. The van der Waals surface area contributed by atoms with Crippen LogP contribution in [0, 0.1) is 5.92 Å². The second-order valence-corrected chi connectivity index (χ2v) is 5.90. The normalized spacial score (nSPS) is 16.1. The number of amides is 1. The van der Waals surface area contributed by atoms with Crippen molar-refractivity contribution in [2.75, 3.05) is 18.4 Å². The highest BCUT2D eigenvalue weighted by Crippen LogP contribution is 2.25. The molecule has 2 rings (SSSR count). The molecule has 0 spiro atoms. The van der Waals surface area contributed by atoms with Crippen LogP contribution in [0.5, 0.6) is 0 Å². The first-order chi connectivity index (χ1) is 9.75. The quantitative estimate of drug-likeness (QED) is 0.783. The van der Waals surface area contributed by atoms with Crippen LogP contribution in [0.3, 0.4) is 0 Å². The van der Waals surface area contributed by atoms with E-state index < -0.39 is 0 Å². The summed E-state index contributed by atoms with van der Waals surface area (Å²) in [6.07, 6.45) is 8.03. The fourth-order valence-corrected chi connectivity index (χ4v) is 2.92. The third kappa shape index (κ3) is 5.14. The molecule has 0 saturated heterocycles. The predicted octanol–water partition coefficient (Wildman–Crippen LogP) is 3.84. The lowest BCUT2D eigenvalue weighted by atomic mass is 9.87. The maximum absolute atomic E-state index is 11.8. The average molecular weight is 295 g/mol. The molecule has 1 aromatic rings. The maximum atomic E-state index is 11.8. The van der Waals surface area contributed by atoms with Gasteiger partial charge in [0.25, 0.3) is 0 Å². The zero-order valence-corrected chi connectivity index (χ0v) is 12.6. The van der Waals surface area contributed by atoms with Crippen LogP contribution in [0.1, 0.15) is 38.5 Å². The van der Waals surface area contributed by atoms with Crippen molar-refractivity contribution in [1.29, 1.82) is 0 Å². The van der Waals surface area contributed by atoms with Crippen molar-refractivity contribution in [2.45, 2.75) is 38.5 Å². The van der Waals surface area contributed by atoms with Gasteiger partial charge in [0.2, 0.25) is 5.91 Å². The zero-order valence-electron chi connectivity index (χ0n) is 11.8. The van der Waals surface area contributed by atoms with Gasteiger partial charge < -0.3 is 10.6 Å². The molecule has 1 aromatic carbocycles. The molecule has 4 heteroatoms. The number of benzene rings is 1. The van der Waals surface area contributed by atoms with E-state index in [9.17, 15) is 4.79 Å². The Bertz CT molecular complexity index is 430. The molecular formula is C16H23ClN2O. The Balaban J connectivity index is 1.61. The molecule has 1 amide bonds. The average Bonchev–Trinajstić information content (AvgIpc) is 2.47. The number of hydrogen-bond acceptors (Lipinski definition) is 2. The highest BCUT2D eigenvalue weighted by molar-refractivity contribution is 6.33. The molecule has 110 valence electrons. The minimum Gasteiger partial charge on any atom is -0.324 e. The highest BCUT2D eigenvalue weighted by Gasteiger charge is 2.12. The van der Waals surface area contributed by atoms with Gasteiger partial charge in [-0.3, -0.25) is 4.79 Å². The molecule has 0 bridgehead atoms. The van der Waals surface area contributed by atoms with Crippen molar-refractivity contribution in [3.63, 3.8) is 0 Å². The van der Waals surface area contributed by atoms with Crippen LogP contribution in [0.2, 0.25) is 5.02 Å². The summed E-state index contributed by atoms with van der Waals surface area (Å²) in [4.78, 5) is 11.8. The summed E-state index contributed by atoms with van der Waals surface area (Å²) in [5.41, 5.74) is 0.674. The fourth-order valence-electron chi connectivity index (χ4n) is 2.74. The molecule has 0 radical (unpaired) electrons. The number of nitrogens with one attached hydrogen (secondary N) is 2. The summed E-state index contributed by atoms with van der Waals surface area (Å²) in [6, 6.07) is 7.29. The molecule has 1 saturated carbocycles. The minimum absolute atomic E-state index is 0.0401. The number of carbonyl (C=O) groups is 1. The maximum Gasteiger partial charge on any atom is 0.238 e. The Hall–Kier alpha value is -1.06. The molecule has 1 aliphatic carbocycles. The van der Waals surface area contributed by atoms with Crippen LogP contribution in [0.4, 0.5) is 5.69 Å². The van der Waals surface area contributed by atoms with Gasteiger partial charge >= 0.3 is 0 Å². The first-order valence-electron chi connectivity index (χ1n) is 7.51. The van der Waals surface area contributed by atoms with Crippen LogP contribution < -0.4 is 10.6 Å². The number of halogens is 1. The van der Waals surface area contributed by atoms with Gasteiger partial charge in [-0.25, -0.2) is 0 Å². The monoisotopic (exact) mass is 294 g/mol. The van der Waals surface area contributed by atoms with Crippen LogP contribution >= 0.6 is 11.6 Å². The Morgan fingerprint density at radius 3 is 2.70 bits per heavy atom. The number of carbonyl (C=O) groups excluding carboxylic acids is 1. The molecule has 1 fully saturated rings. The number of hydrogen-bond donors (Lipinski definition) is 2. The van der Waals surface area contributed by atoms with Crippen LogP contribution in [-0.2, 0) is 4.79 Å². The van der Waals surface area contributed by atoms with Crippen molar-refractivity contribution >= 4 is 23.2 Å². The second-order valence-electron chi connectivity index (χ2n) is 5.50. The summed E-state index contributed by atoms with van der Waals surface area (Å²) in [5.74, 6) is 0.810. The fraction of sp³-hybridized carbons (Fsp3) is 0.562. The SMILES string of the molecule is O=C(CNCCC1CCCCC1)Nc1ccccc1Cl. The van der Waals surface area contributed by atoms with Crippen molar-refractivity contribution in [3.8, 4) is 0 Å². The lowest BCUT2D eigenvalue weighted by molar-refractivity contribution is -0.115. The van der Waals surface area contributed by atoms with Crippen molar-refractivity contribution in [2.24, 2.45) is 5.92 Å². The van der Waals surface area contributed by atoms with E-state index in [1.165, 1.54) is 38.5 Å². The summed E-state index contributed by atoms with van der Waals surface area (Å²) in [7, 11) is 0. The first-order valence-corrected chi connectivity index (χ1v) is 7.88. The van der Waals surface area contributed by atoms with E-state index in [1.807, 2.05) is 18.2 Å². The van der Waals surface area contributed by atoms with Gasteiger partial charge in [-0.15, -0.1) is 0 Å². The second kappa shape index (κ2) is 8.28. The molecular weight excluding hydrogens is 272 g/mol. The predicted molar refractivity (Wildman–Crippen MR) is 84.1 cm³/mol. The summed E-state index contributed by atoms with van der Waals surface area (Å²) >= 11 is 6.00. The molecule has 0 unspecified atom stereocenters. The number of para-hydroxylation sites is 1.